The summed E-state index contributed by atoms with van der Waals surface area (Å²) < 4.78 is 0. The van der Waals surface area contributed by atoms with Crippen molar-refractivity contribution in [1.29, 1.82) is 0 Å². The van der Waals surface area contributed by atoms with Gasteiger partial charge < -0.3 is 10.4 Å². The summed E-state index contributed by atoms with van der Waals surface area (Å²) in [4.78, 5) is 11.8. The molecule has 3 nitrogen and oxygen atoms in total. The predicted molar refractivity (Wildman–Crippen MR) is 78.7 cm³/mol. The molecule has 0 aromatic heterocycles. The Kier molecular flexibility index (Phi) is 6.11. The van der Waals surface area contributed by atoms with Gasteiger partial charge in [-0.2, -0.15) is 0 Å². The van der Waals surface area contributed by atoms with Crippen LogP contribution in [0.15, 0.2) is 18.2 Å². The van der Waals surface area contributed by atoms with Crippen molar-refractivity contribution in [3.8, 4) is 0 Å². The van der Waals surface area contributed by atoms with Gasteiger partial charge >= 0.3 is 0 Å². The maximum Gasteiger partial charge on any atom is 0.224 e. The number of amides is 1. The smallest absolute Gasteiger partial charge is 0.224 e. The molecule has 106 valence electrons. The number of halogens is 2. The van der Waals surface area contributed by atoms with E-state index in [0.717, 1.165) is 5.56 Å². The van der Waals surface area contributed by atoms with Gasteiger partial charge in [-0.3, -0.25) is 4.79 Å². The molecule has 19 heavy (non-hydrogen) atoms. The van der Waals surface area contributed by atoms with E-state index in [1.165, 1.54) is 0 Å². The Labute approximate surface area is 123 Å². The average Bonchev–Trinajstić information content (AvgIpc) is 2.40. The molecule has 0 fully saturated rings. The lowest BCUT2D eigenvalue weighted by atomic mass is 9.97. The molecule has 5 heteroatoms. The van der Waals surface area contributed by atoms with E-state index < -0.39 is 5.60 Å². The second-order valence-electron chi connectivity index (χ2n) is 4.63. The molecule has 1 amide bonds. The summed E-state index contributed by atoms with van der Waals surface area (Å²) in [6, 6.07) is 5.11. The second-order valence-corrected chi connectivity index (χ2v) is 5.45. The number of carbonyl (C=O) groups is 1. The average molecular weight is 304 g/mol. The summed E-state index contributed by atoms with van der Waals surface area (Å²) in [6.07, 6.45) is 1.44. The number of hydrogen-bond acceptors (Lipinski definition) is 2. The lowest BCUT2D eigenvalue weighted by molar-refractivity contribution is -0.121. The molecule has 0 unspecified atom stereocenters. The SMILES string of the molecule is CCC(O)(CC)CNC(=O)Cc1ccc(Cl)c(Cl)c1. The highest BCUT2D eigenvalue weighted by atomic mass is 35.5. The first-order chi connectivity index (χ1) is 8.90. The molecule has 2 N–H and O–H groups in total. The molecule has 0 aliphatic heterocycles. The molecule has 1 aromatic carbocycles. The zero-order valence-electron chi connectivity index (χ0n) is 11.2. The van der Waals surface area contributed by atoms with E-state index in [-0.39, 0.29) is 18.9 Å². The molecule has 0 aliphatic carbocycles. The molecule has 0 atom stereocenters. The standard InChI is InChI=1S/C14H19Cl2NO2/c1-3-14(19,4-2)9-17-13(18)8-10-5-6-11(15)12(16)7-10/h5-7,19H,3-4,8-9H2,1-2H3,(H,17,18). The number of hydrogen-bond donors (Lipinski definition) is 2. The fourth-order valence-corrected chi connectivity index (χ4v) is 1.98. The maximum atomic E-state index is 11.8. The number of aliphatic hydroxyl groups is 1. The Bertz CT molecular complexity index is 445. The third kappa shape index (κ3) is 5.01. The van der Waals surface area contributed by atoms with Gasteiger partial charge in [0.05, 0.1) is 22.1 Å². The highest BCUT2D eigenvalue weighted by Gasteiger charge is 2.22. The van der Waals surface area contributed by atoms with E-state index in [1.54, 1.807) is 18.2 Å². The number of carbonyl (C=O) groups excluding carboxylic acids is 1. The molecule has 1 rings (SSSR count). The van der Waals surface area contributed by atoms with Gasteiger partial charge in [0.2, 0.25) is 5.91 Å². The van der Waals surface area contributed by atoms with Gasteiger partial charge in [-0.15, -0.1) is 0 Å². The maximum absolute atomic E-state index is 11.8. The van der Waals surface area contributed by atoms with Crippen molar-refractivity contribution in [2.45, 2.75) is 38.7 Å². The Balaban J connectivity index is 2.53. The van der Waals surface area contributed by atoms with Crippen LogP contribution < -0.4 is 5.32 Å². The Morgan fingerprint density at radius 1 is 1.26 bits per heavy atom. The molecular weight excluding hydrogens is 285 g/mol. The van der Waals surface area contributed by atoms with Gasteiger partial charge in [-0.05, 0) is 30.5 Å². The number of nitrogens with one attached hydrogen (secondary N) is 1. The minimum atomic E-state index is -0.826. The van der Waals surface area contributed by atoms with E-state index >= 15 is 0 Å². The molecule has 0 radical (unpaired) electrons. The summed E-state index contributed by atoms with van der Waals surface area (Å²) in [5.41, 5.74) is -0.0312. The summed E-state index contributed by atoms with van der Waals surface area (Å²) in [5, 5.41) is 13.7. The number of rotatable bonds is 6. The molecule has 0 heterocycles. The van der Waals surface area contributed by atoms with Crippen LogP contribution in [0.25, 0.3) is 0 Å². The highest BCUT2D eigenvalue weighted by molar-refractivity contribution is 6.42. The van der Waals surface area contributed by atoms with Crippen LogP contribution >= 0.6 is 23.2 Å². The van der Waals surface area contributed by atoms with Gasteiger partial charge in [0.25, 0.3) is 0 Å². The number of benzene rings is 1. The molecule has 0 saturated heterocycles. The van der Waals surface area contributed by atoms with Crippen molar-refractivity contribution in [2.75, 3.05) is 6.54 Å². The van der Waals surface area contributed by atoms with Gasteiger partial charge in [0.1, 0.15) is 0 Å². The molecule has 0 spiro atoms. The summed E-state index contributed by atoms with van der Waals surface area (Å²) in [7, 11) is 0. The zero-order valence-corrected chi connectivity index (χ0v) is 12.7. The van der Waals surface area contributed by atoms with Crippen LogP contribution in [0, 0.1) is 0 Å². The lowest BCUT2D eigenvalue weighted by Crippen LogP contribution is -2.42. The van der Waals surface area contributed by atoms with Crippen LogP contribution in [0.4, 0.5) is 0 Å². The van der Waals surface area contributed by atoms with Crippen LogP contribution in [-0.4, -0.2) is 23.2 Å². The third-order valence-corrected chi connectivity index (χ3v) is 4.02. The first-order valence-corrected chi connectivity index (χ1v) is 7.09. The van der Waals surface area contributed by atoms with Crippen LogP contribution in [0.2, 0.25) is 10.0 Å². The van der Waals surface area contributed by atoms with Crippen LogP contribution in [-0.2, 0) is 11.2 Å². The zero-order chi connectivity index (χ0) is 14.5. The van der Waals surface area contributed by atoms with E-state index in [2.05, 4.69) is 5.32 Å². The lowest BCUT2D eigenvalue weighted by Gasteiger charge is -2.25. The quantitative estimate of drug-likeness (QED) is 0.848. The topological polar surface area (TPSA) is 49.3 Å². The fraction of sp³-hybridized carbons (Fsp3) is 0.500. The summed E-state index contributed by atoms with van der Waals surface area (Å²) in [6.45, 7) is 4.06. The van der Waals surface area contributed by atoms with Crippen LogP contribution in [0.5, 0.6) is 0 Å². The monoisotopic (exact) mass is 303 g/mol. The molecule has 0 bridgehead atoms. The van der Waals surface area contributed by atoms with Gasteiger partial charge in [0, 0.05) is 6.54 Å². The van der Waals surface area contributed by atoms with Crippen molar-refractivity contribution in [1.82, 2.24) is 5.32 Å². The molecule has 0 saturated carbocycles. The largest absolute Gasteiger partial charge is 0.388 e. The van der Waals surface area contributed by atoms with Crippen molar-refractivity contribution >= 4 is 29.1 Å². The van der Waals surface area contributed by atoms with Gasteiger partial charge in [-0.25, -0.2) is 0 Å². The van der Waals surface area contributed by atoms with Crippen LogP contribution in [0.1, 0.15) is 32.3 Å². The first-order valence-electron chi connectivity index (χ1n) is 6.33. The van der Waals surface area contributed by atoms with Crippen molar-refractivity contribution in [3.05, 3.63) is 33.8 Å². The summed E-state index contributed by atoms with van der Waals surface area (Å²) in [5.74, 6) is -0.140. The van der Waals surface area contributed by atoms with Crippen molar-refractivity contribution < 1.29 is 9.90 Å². The first kappa shape index (κ1) is 16.3. The summed E-state index contributed by atoms with van der Waals surface area (Å²) >= 11 is 11.7. The Morgan fingerprint density at radius 3 is 2.42 bits per heavy atom. The van der Waals surface area contributed by atoms with E-state index in [0.29, 0.717) is 22.9 Å². The minimum Gasteiger partial charge on any atom is -0.388 e. The van der Waals surface area contributed by atoms with Gasteiger partial charge in [-0.1, -0.05) is 43.1 Å². The Morgan fingerprint density at radius 2 is 1.89 bits per heavy atom. The van der Waals surface area contributed by atoms with Crippen LogP contribution in [0.3, 0.4) is 0 Å². The van der Waals surface area contributed by atoms with E-state index in [1.807, 2.05) is 13.8 Å². The molecular formula is C14H19Cl2NO2. The fourth-order valence-electron chi connectivity index (χ4n) is 1.66. The third-order valence-electron chi connectivity index (χ3n) is 3.28. The van der Waals surface area contributed by atoms with Crippen molar-refractivity contribution in [2.24, 2.45) is 0 Å². The normalized spacial score (nSPS) is 11.4. The predicted octanol–water partition coefficient (Wildman–Crippen LogP) is 3.20. The van der Waals surface area contributed by atoms with E-state index in [4.69, 9.17) is 23.2 Å². The molecule has 1 aromatic rings. The highest BCUT2D eigenvalue weighted by Crippen LogP contribution is 2.22. The second kappa shape index (κ2) is 7.13. The Hall–Kier alpha value is -0.770. The minimum absolute atomic E-state index is 0.140. The van der Waals surface area contributed by atoms with Crippen molar-refractivity contribution in [3.63, 3.8) is 0 Å². The molecule has 0 aliphatic rings. The van der Waals surface area contributed by atoms with E-state index in [9.17, 15) is 9.90 Å². The van der Waals surface area contributed by atoms with Gasteiger partial charge in [0.15, 0.2) is 0 Å².